The number of benzene rings is 1. The molecule has 1 aromatic heterocycles. The highest BCUT2D eigenvalue weighted by Crippen LogP contribution is 2.24. The fourth-order valence-corrected chi connectivity index (χ4v) is 2.30. The molecule has 1 atom stereocenters. The minimum absolute atomic E-state index is 0.137. The van der Waals surface area contributed by atoms with Gasteiger partial charge in [-0.3, -0.25) is 4.68 Å². The lowest BCUT2D eigenvalue weighted by Gasteiger charge is -2.22. The second kappa shape index (κ2) is 6.98. The highest BCUT2D eigenvalue weighted by molar-refractivity contribution is 5.74. The molecule has 1 N–H and O–H groups in total. The molecule has 0 aliphatic heterocycles. The largest absolute Gasteiger partial charge is 0.496 e. The minimum atomic E-state index is -0.139. The van der Waals surface area contributed by atoms with Gasteiger partial charge in [-0.2, -0.15) is 5.10 Å². The van der Waals surface area contributed by atoms with Crippen LogP contribution in [-0.4, -0.2) is 34.9 Å². The Morgan fingerprint density at radius 3 is 2.82 bits per heavy atom. The molecule has 0 saturated carbocycles. The van der Waals surface area contributed by atoms with Gasteiger partial charge in [0.15, 0.2) is 0 Å². The number of carbonyl (C=O) groups is 1. The van der Waals surface area contributed by atoms with Gasteiger partial charge in [-0.05, 0) is 13.0 Å². The van der Waals surface area contributed by atoms with Crippen molar-refractivity contribution >= 4 is 6.03 Å². The molecule has 1 aromatic carbocycles. The second-order valence-corrected chi connectivity index (χ2v) is 5.29. The van der Waals surface area contributed by atoms with Crippen molar-refractivity contribution in [1.29, 1.82) is 0 Å². The Morgan fingerprint density at radius 2 is 2.18 bits per heavy atom. The molecule has 0 spiro atoms. The van der Waals surface area contributed by atoms with Crippen molar-refractivity contribution in [2.24, 2.45) is 7.05 Å². The van der Waals surface area contributed by atoms with Gasteiger partial charge in [-0.15, -0.1) is 0 Å². The van der Waals surface area contributed by atoms with E-state index < -0.39 is 0 Å². The first-order valence-corrected chi connectivity index (χ1v) is 7.13. The number of carbonyl (C=O) groups excluding carboxylic acids is 1. The summed E-state index contributed by atoms with van der Waals surface area (Å²) >= 11 is 0. The van der Waals surface area contributed by atoms with E-state index in [0.29, 0.717) is 6.54 Å². The second-order valence-electron chi connectivity index (χ2n) is 5.29. The van der Waals surface area contributed by atoms with Crippen LogP contribution in [0, 0.1) is 0 Å². The Labute approximate surface area is 130 Å². The van der Waals surface area contributed by atoms with Crippen LogP contribution < -0.4 is 10.1 Å². The quantitative estimate of drug-likeness (QED) is 0.922. The SMILES string of the molecule is COc1ccccc1C(C)NC(=O)N(C)Cc1cnn(C)c1. The van der Waals surface area contributed by atoms with E-state index in [4.69, 9.17) is 4.74 Å². The number of hydrogen-bond acceptors (Lipinski definition) is 3. The van der Waals surface area contributed by atoms with Crippen molar-refractivity contribution in [2.45, 2.75) is 19.5 Å². The Kier molecular flexibility index (Phi) is 5.04. The van der Waals surface area contributed by atoms with Crippen molar-refractivity contribution in [3.8, 4) is 5.75 Å². The van der Waals surface area contributed by atoms with Crippen LogP contribution in [0.3, 0.4) is 0 Å². The standard InChI is InChI=1S/C16H22N4O2/c1-12(14-7-5-6-8-15(14)22-4)18-16(21)19(2)10-13-9-17-20(3)11-13/h5-9,11-12H,10H2,1-4H3,(H,18,21). The summed E-state index contributed by atoms with van der Waals surface area (Å²) in [4.78, 5) is 13.9. The van der Waals surface area contributed by atoms with Gasteiger partial charge in [0.1, 0.15) is 5.75 Å². The molecule has 2 rings (SSSR count). The van der Waals surface area contributed by atoms with Gasteiger partial charge < -0.3 is 15.0 Å². The number of rotatable bonds is 5. The Hall–Kier alpha value is -2.50. The van der Waals surface area contributed by atoms with Crippen LogP contribution in [0.1, 0.15) is 24.1 Å². The lowest BCUT2D eigenvalue weighted by Crippen LogP contribution is -2.38. The van der Waals surface area contributed by atoms with E-state index in [1.165, 1.54) is 0 Å². The molecule has 0 fully saturated rings. The summed E-state index contributed by atoms with van der Waals surface area (Å²) in [5.41, 5.74) is 1.94. The number of hydrogen-bond donors (Lipinski definition) is 1. The molecule has 2 amide bonds. The third kappa shape index (κ3) is 3.78. The molecule has 0 radical (unpaired) electrons. The summed E-state index contributed by atoms with van der Waals surface area (Å²) in [5, 5.41) is 7.08. The van der Waals surface area contributed by atoms with Crippen LogP contribution in [0.4, 0.5) is 4.79 Å². The summed E-state index contributed by atoms with van der Waals surface area (Å²) < 4.78 is 7.05. The van der Waals surface area contributed by atoms with Crippen LogP contribution >= 0.6 is 0 Å². The fourth-order valence-electron chi connectivity index (χ4n) is 2.30. The van der Waals surface area contributed by atoms with Crippen LogP contribution in [0.2, 0.25) is 0 Å². The number of methoxy groups -OCH3 is 1. The fraction of sp³-hybridized carbons (Fsp3) is 0.375. The van der Waals surface area contributed by atoms with E-state index in [1.807, 2.05) is 44.4 Å². The van der Waals surface area contributed by atoms with Gasteiger partial charge in [0.25, 0.3) is 0 Å². The van der Waals surface area contributed by atoms with Crippen LogP contribution in [0.5, 0.6) is 5.75 Å². The maximum Gasteiger partial charge on any atom is 0.317 e. The molecule has 0 aliphatic rings. The van der Waals surface area contributed by atoms with E-state index in [1.54, 1.807) is 29.9 Å². The normalized spacial score (nSPS) is 11.8. The zero-order chi connectivity index (χ0) is 16.1. The summed E-state index contributed by atoms with van der Waals surface area (Å²) in [6.07, 6.45) is 3.65. The lowest BCUT2D eigenvalue weighted by molar-refractivity contribution is 0.203. The van der Waals surface area contributed by atoms with Gasteiger partial charge >= 0.3 is 6.03 Å². The van der Waals surface area contributed by atoms with Gasteiger partial charge in [-0.1, -0.05) is 18.2 Å². The molecule has 118 valence electrons. The van der Waals surface area contributed by atoms with E-state index >= 15 is 0 Å². The topological polar surface area (TPSA) is 59.4 Å². The smallest absolute Gasteiger partial charge is 0.317 e. The van der Waals surface area contributed by atoms with Crippen LogP contribution in [0.15, 0.2) is 36.7 Å². The van der Waals surface area contributed by atoms with E-state index in [0.717, 1.165) is 16.9 Å². The number of para-hydroxylation sites is 1. The van der Waals surface area contributed by atoms with Crippen LogP contribution in [0.25, 0.3) is 0 Å². The van der Waals surface area contributed by atoms with Crippen molar-refractivity contribution in [2.75, 3.05) is 14.2 Å². The zero-order valence-electron chi connectivity index (χ0n) is 13.4. The van der Waals surface area contributed by atoms with Crippen molar-refractivity contribution in [3.05, 3.63) is 47.8 Å². The molecule has 0 bridgehead atoms. The third-order valence-corrected chi connectivity index (χ3v) is 3.47. The van der Waals surface area contributed by atoms with Crippen molar-refractivity contribution < 1.29 is 9.53 Å². The van der Waals surface area contributed by atoms with Crippen molar-refractivity contribution in [1.82, 2.24) is 20.0 Å². The zero-order valence-corrected chi connectivity index (χ0v) is 13.4. The van der Waals surface area contributed by atoms with E-state index in [2.05, 4.69) is 10.4 Å². The number of urea groups is 1. The Balaban J connectivity index is 1.98. The average Bonchev–Trinajstić information content (AvgIpc) is 2.92. The van der Waals surface area contributed by atoms with Gasteiger partial charge in [0.05, 0.1) is 25.9 Å². The number of ether oxygens (including phenoxy) is 1. The number of nitrogens with one attached hydrogen (secondary N) is 1. The molecular weight excluding hydrogens is 280 g/mol. The molecule has 6 heteroatoms. The first-order chi connectivity index (χ1) is 10.5. The number of aryl methyl sites for hydroxylation is 1. The number of amides is 2. The number of nitrogens with zero attached hydrogens (tertiary/aromatic N) is 3. The Morgan fingerprint density at radius 1 is 1.45 bits per heavy atom. The Bertz CT molecular complexity index is 639. The van der Waals surface area contributed by atoms with Crippen molar-refractivity contribution in [3.63, 3.8) is 0 Å². The van der Waals surface area contributed by atoms with Gasteiger partial charge in [0, 0.05) is 31.4 Å². The predicted molar refractivity (Wildman–Crippen MR) is 84.6 cm³/mol. The summed E-state index contributed by atoms with van der Waals surface area (Å²) in [5.74, 6) is 0.769. The minimum Gasteiger partial charge on any atom is -0.496 e. The molecule has 2 aromatic rings. The maximum atomic E-state index is 12.3. The molecule has 6 nitrogen and oxygen atoms in total. The van der Waals surface area contributed by atoms with Crippen LogP contribution in [-0.2, 0) is 13.6 Å². The first-order valence-electron chi connectivity index (χ1n) is 7.13. The van der Waals surface area contributed by atoms with E-state index in [9.17, 15) is 4.79 Å². The highest BCUT2D eigenvalue weighted by Gasteiger charge is 2.16. The monoisotopic (exact) mass is 302 g/mol. The molecule has 0 saturated heterocycles. The molecule has 22 heavy (non-hydrogen) atoms. The predicted octanol–water partition coefficient (Wildman–Crippen LogP) is 2.33. The summed E-state index contributed by atoms with van der Waals surface area (Å²) in [7, 11) is 5.24. The maximum absolute atomic E-state index is 12.3. The van der Waals surface area contributed by atoms with E-state index in [-0.39, 0.29) is 12.1 Å². The molecule has 1 heterocycles. The van der Waals surface area contributed by atoms with Gasteiger partial charge in [-0.25, -0.2) is 4.79 Å². The summed E-state index contributed by atoms with van der Waals surface area (Å²) in [6.45, 7) is 2.45. The highest BCUT2D eigenvalue weighted by atomic mass is 16.5. The lowest BCUT2D eigenvalue weighted by atomic mass is 10.1. The average molecular weight is 302 g/mol. The third-order valence-electron chi connectivity index (χ3n) is 3.47. The van der Waals surface area contributed by atoms with Gasteiger partial charge in [0.2, 0.25) is 0 Å². The summed E-state index contributed by atoms with van der Waals surface area (Å²) in [6, 6.07) is 7.40. The first kappa shape index (κ1) is 15.9. The molecule has 0 aliphatic carbocycles. The molecular formula is C16H22N4O2. The molecule has 1 unspecified atom stereocenters. The number of aromatic nitrogens is 2.